The van der Waals surface area contributed by atoms with Crippen LogP contribution in [0.25, 0.3) is 17.2 Å². The lowest BCUT2D eigenvalue weighted by Crippen LogP contribution is -2.22. The van der Waals surface area contributed by atoms with Crippen molar-refractivity contribution in [1.29, 1.82) is 5.41 Å². The molecule has 0 heterocycles. The largest absolute Gasteiger partial charge is 0.489 e. The molecule has 0 spiro atoms. The minimum Gasteiger partial charge on any atom is -0.489 e. The van der Waals surface area contributed by atoms with Crippen molar-refractivity contribution in [2.75, 3.05) is 6.54 Å². The lowest BCUT2D eigenvalue weighted by molar-refractivity contribution is 0.0697. The fraction of sp³-hybridized carbons (Fsp3) is 0.133. The fourth-order valence-electron chi connectivity index (χ4n) is 3.40. The van der Waals surface area contributed by atoms with Crippen molar-refractivity contribution in [2.24, 2.45) is 0 Å². The van der Waals surface area contributed by atoms with Crippen molar-refractivity contribution in [3.05, 3.63) is 120 Å². The number of allylic oxidation sites excluding steroid dienone is 3. The van der Waals surface area contributed by atoms with E-state index in [1.54, 1.807) is 35.3 Å². The third-order valence-electron chi connectivity index (χ3n) is 5.41. The van der Waals surface area contributed by atoms with E-state index in [0.717, 1.165) is 11.1 Å². The van der Waals surface area contributed by atoms with Crippen molar-refractivity contribution in [3.63, 3.8) is 0 Å². The van der Waals surface area contributed by atoms with Crippen LogP contribution >= 0.6 is 0 Å². The Balaban J connectivity index is 1.68. The van der Waals surface area contributed by atoms with E-state index in [1.807, 2.05) is 68.6 Å². The molecule has 0 aliphatic heterocycles. The SMILES string of the molecule is C/C=C/C=C/N(CC)C(=N)/C=C/c1ccc(-c2cccc(OCc3ccc(C(=O)O)cc3)c2)cc1F. The summed E-state index contributed by atoms with van der Waals surface area (Å²) in [6.45, 7) is 4.79. The quantitative estimate of drug-likeness (QED) is 0.182. The zero-order chi connectivity index (χ0) is 25.9. The van der Waals surface area contributed by atoms with Gasteiger partial charge in [-0.15, -0.1) is 0 Å². The van der Waals surface area contributed by atoms with Gasteiger partial charge in [-0.2, -0.15) is 0 Å². The molecule has 0 fully saturated rings. The number of rotatable bonds is 10. The molecule has 0 unspecified atom stereocenters. The molecule has 3 aromatic rings. The Kier molecular flexibility index (Phi) is 9.34. The van der Waals surface area contributed by atoms with Gasteiger partial charge in [-0.05, 0) is 79.1 Å². The van der Waals surface area contributed by atoms with Crippen LogP contribution in [0.1, 0.15) is 35.3 Å². The molecule has 184 valence electrons. The van der Waals surface area contributed by atoms with Gasteiger partial charge in [-0.1, -0.05) is 48.6 Å². The van der Waals surface area contributed by atoms with Gasteiger partial charge in [0.15, 0.2) is 0 Å². The Hall–Kier alpha value is -4.45. The first-order valence-electron chi connectivity index (χ1n) is 11.6. The molecule has 0 saturated heterocycles. The summed E-state index contributed by atoms with van der Waals surface area (Å²) in [5, 5.41) is 17.2. The molecule has 0 aliphatic rings. The van der Waals surface area contributed by atoms with Crippen LogP contribution in [0.15, 0.2) is 97.2 Å². The second-order valence-electron chi connectivity index (χ2n) is 7.93. The fourth-order valence-corrected chi connectivity index (χ4v) is 3.40. The van der Waals surface area contributed by atoms with E-state index in [-0.39, 0.29) is 23.8 Å². The Morgan fingerprint density at radius 3 is 2.47 bits per heavy atom. The smallest absolute Gasteiger partial charge is 0.335 e. The molecule has 0 amide bonds. The maximum Gasteiger partial charge on any atom is 0.335 e. The molecular formula is C30H29FN2O3. The van der Waals surface area contributed by atoms with Crippen LogP contribution in [0.4, 0.5) is 4.39 Å². The lowest BCUT2D eigenvalue weighted by Gasteiger charge is -2.16. The summed E-state index contributed by atoms with van der Waals surface area (Å²) in [5.74, 6) is -0.460. The van der Waals surface area contributed by atoms with Gasteiger partial charge < -0.3 is 14.7 Å². The van der Waals surface area contributed by atoms with E-state index in [9.17, 15) is 9.18 Å². The second-order valence-corrected chi connectivity index (χ2v) is 7.93. The Morgan fingerprint density at radius 1 is 1.06 bits per heavy atom. The van der Waals surface area contributed by atoms with E-state index < -0.39 is 5.97 Å². The number of likely N-dealkylation sites (N-methyl/N-ethyl adjacent to an activating group) is 1. The van der Waals surface area contributed by atoms with Crippen LogP contribution < -0.4 is 4.74 Å². The van der Waals surface area contributed by atoms with Gasteiger partial charge in [-0.3, -0.25) is 5.41 Å². The van der Waals surface area contributed by atoms with Crippen molar-refractivity contribution < 1.29 is 19.0 Å². The van der Waals surface area contributed by atoms with Crippen molar-refractivity contribution in [1.82, 2.24) is 4.90 Å². The Labute approximate surface area is 211 Å². The number of nitrogens with one attached hydrogen (secondary N) is 1. The number of hydrogen-bond acceptors (Lipinski definition) is 3. The molecular weight excluding hydrogens is 455 g/mol. The van der Waals surface area contributed by atoms with Gasteiger partial charge in [0.05, 0.1) is 5.56 Å². The zero-order valence-corrected chi connectivity index (χ0v) is 20.3. The summed E-state index contributed by atoms with van der Waals surface area (Å²) in [7, 11) is 0. The van der Waals surface area contributed by atoms with E-state index in [0.29, 0.717) is 23.4 Å². The molecule has 3 rings (SSSR count). The molecule has 3 aromatic carbocycles. The summed E-state index contributed by atoms with van der Waals surface area (Å²) in [5.41, 5.74) is 2.98. The standard InChI is InChI=1S/C30H29FN2O3/c1-3-5-6-18-33(4-2)29(32)17-16-23-14-15-26(20-28(23)31)25-8-7-9-27(19-25)36-21-22-10-12-24(13-11-22)30(34)35/h3,5-20,32H,4,21H2,1-2H3,(H,34,35)/b5-3+,17-16+,18-6+,32-29?. The number of ether oxygens (including phenoxy) is 1. The average molecular weight is 485 g/mol. The third kappa shape index (κ3) is 7.27. The second kappa shape index (κ2) is 12.9. The van der Waals surface area contributed by atoms with Crippen LogP contribution in [0.3, 0.4) is 0 Å². The van der Waals surface area contributed by atoms with E-state index >= 15 is 0 Å². The normalized spacial score (nSPS) is 11.4. The highest BCUT2D eigenvalue weighted by Gasteiger charge is 2.07. The van der Waals surface area contributed by atoms with E-state index in [4.69, 9.17) is 15.3 Å². The number of carbonyl (C=O) groups is 1. The highest BCUT2D eigenvalue weighted by molar-refractivity contribution is 5.94. The molecule has 5 nitrogen and oxygen atoms in total. The third-order valence-corrected chi connectivity index (χ3v) is 5.41. The minimum atomic E-state index is -0.970. The summed E-state index contributed by atoms with van der Waals surface area (Å²) >= 11 is 0. The Morgan fingerprint density at radius 2 is 1.81 bits per heavy atom. The minimum absolute atomic E-state index is 0.224. The summed E-state index contributed by atoms with van der Waals surface area (Å²) < 4.78 is 20.7. The topological polar surface area (TPSA) is 73.6 Å². The summed E-state index contributed by atoms with van der Waals surface area (Å²) in [6.07, 6.45) is 10.6. The van der Waals surface area contributed by atoms with Gasteiger partial charge in [-0.25, -0.2) is 9.18 Å². The van der Waals surface area contributed by atoms with Gasteiger partial charge in [0, 0.05) is 18.3 Å². The molecule has 0 aliphatic carbocycles. The number of hydrogen-bond donors (Lipinski definition) is 2. The maximum absolute atomic E-state index is 14.8. The van der Waals surface area contributed by atoms with Crippen molar-refractivity contribution in [3.8, 4) is 16.9 Å². The van der Waals surface area contributed by atoms with Crippen LogP contribution in [-0.2, 0) is 6.61 Å². The first-order chi connectivity index (χ1) is 17.4. The lowest BCUT2D eigenvalue weighted by atomic mass is 10.0. The molecule has 0 radical (unpaired) electrons. The number of amidine groups is 1. The van der Waals surface area contributed by atoms with Gasteiger partial charge in [0.25, 0.3) is 0 Å². The molecule has 36 heavy (non-hydrogen) atoms. The summed E-state index contributed by atoms with van der Waals surface area (Å²) in [4.78, 5) is 12.7. The first kappa shape index (κ1) is 26.2. The number of benzene rings is 3. The highest BCUT2D eigenvalue weighted by atomic mass is 19.1. The molecule has 0 aromatic heterocycles. The number of carboxylic acid groups (broad SMARTS) is 1. The first-order valence-corrected chi connectivity index (χ1v) is 11.6. The van der Waals surface area contributed by atoms with Gasteiger partial charge in [0.1, 0.15) is 24.0 Å². The number of halogens is 1. The van der Waals surface area contributed by atoms with Crippen LogP contribution in [-0.4, -0.2) is 28.4 Å². The monoisotopic (exact) mass is 484 g/mol. The van der Waals surface area contributed by atoms with Crippen molar-refractivity contribution in [2.45, 2.75) is 20.5 Å². The molecule has 0 atom stereocenters. The predicted octanol–water partition coefficient (Wildman–Crippen LogP) is 7.17. The number of nitrogens with zero attached hydrogens (tertiary/aromatic N) is 1. The molecule has 2 N–H and O–H groups in total. The number of aromatic carboxylic acids is 1. The molecule has 0 saturated carbocycles. The predicted molar refractivity (Wildman–Crippen MR) is 143 cm³/mol. The average Bonchev–Trinajstić information content (AvgIpc) is 2.89. The molecule has 6 heteroatoms. The van der Waals surface area contributed by atoms with Crippen LogP contribution in [0.5, 0.6) is 5.75 Å². The zero-order valence-electron chi connectivity index (χ0n) is 20.3. The maximum atomic E-state index is 14.8. The molecule has 0 bridgehead atoms. The number of carboxylic acids is 1. The highest BCUT2D eigenvalue weighted by Crippen LogP contribution is 2.26. The van der Waals surface area contributed by atoms with E-state index in [1.165, 1.54) is 18.2 Å². The van der Waals surface area contributed by atoms with Crippen LogP contribution in [0, 0.1) is 11.2 Å². The van der Waals surface area contributed by atoms with Crippen LogP contribution in [0.2, 0.25) is 0 Å². The Bertz CT molecular complexity index is 1290. The van der Waals surface area contributed by atoms with Gasteiger partial charge in [0.2, 0.25) is 0 Å². The van der Waals surface area contributed by atoms with E-state index in [2.05, 4.69) is 0 Å². The van der Waals surface area contributed by atoms with Crippen molar-refractivity contribution >= 4 is 17.9 Å². The van der Waals surface area contributed by atoms with Gasteiger partial charge >= 0.3 is 5.97 Å². The summed E-state index contributed by atoms with van der Waals surface area (Å²) in [6, 6.07) is 18.9.